The number of hydrogen-bond acceptors (Lipinski definition) is 2. The van der Waals surface area contributed by atoms with Crippen molar-refractivity contribution in [3.63, 3.8) is 0 Å². The third kappa shape index (κ3) is 2.48. The molecule has 0 aliphatic heterocycles. The molecule has 20 heavy (non-hydrogen) atoms. The topological polar surface area (TPSA) is 45.8 Å². The number of fused-ring (bicyclic) bond motifs is 1. The van der Waals surface area contributed by atoms with Crippen molar-refractivity contribution < 1.29 is 0 Å². The van der Waals surface area contributed by atoms with Crippen molar-refractivity contribution in [1.29, 1.82) is 0 Å². The van der Waals surface area contributed by atoms with Crippen molar-refractivity contribution in [2.24, 2.45) is 0 Å². The van der Waals surface area contributed by atoms with Crippen LogP contribution in [-0.4, -0.2) is 9.97 Å². The number of aromatic nitrogens is 2. The van der Waals surface area contributed by atoms with Crippen molar-refractivity contribution in [2.45, 2.75) is 19.3 Å². The molecule has 0 amide bonds. The van der Waals surface area contributed by atoms with Crippen molar-refractivity contribution in [1.82, 2.24) is 9.97 Å². The van der Waals surface area contributed by atoms with Gasteiger partial charge in [-0.25, -0.2) is 4.98 Å². The van der Waals surface area contributed by atoms with Crippen LogP contribution in [0.4, 0.5) is 0 Å². The molecule has 1 atom stereocenters. The van der Waals surface area contributed by atoms with E-state index >= 15 is 0 Å². The molecule has 100 valence electrons. The quantitative estimate of drug-likeness (QED) is 0.789. The first-order chi connectivity index (χ1) is 9.74. The lowest BCUT2D eigenvalue weighted by molar-refractivity contribution is 0.699. The molecule has 0 fully saturated rings. The molecule has 0 aliphatic carbocycles. The van der Waals surface area contributed by atoms with E-state index in [1.165, 1.54) is 5.56 Å². The Labute approximate surface area is 117 Å². The first kappa shape index (κ1) is 12.6. The van der Waals surface area contributed by atoms with Crippen LogP contribution >= 0.6 is 0 Å². The van der Waals surface area contributed by atoms with Gasteiger partial charge in [0.25, 0.3) is 5.56 Å². The first-order valence-electron chi connectivity index (χ1n) is 6.77. The van der Waals surface area contributed by atoms with Gasteiger partial charge in [-0.05, 0) is 24.1 Å². The molecule has 0 saturated heterocycles. The molecule has 0 radical (unpaired) electrons. The predicted octanol–water partition coefficient (Wildman–Crippen LogP) is 3.27. The standard InChI is InChI=1S/C17H16N2O/c1-12(11-13-7-3-2-4-8-13)16-18-15-10-6-5-9-14(15)17(20)19-16/h2-10,12H,11H2,1H3,(H,18,19,20). The van der Waals surface area contributed by atoms with Gasteiger partial charge in [0.1, 0.15) is 5.82 Å². The Morgan fingerprint density at radius 2 is 1.75 bits per heavy atom. The molecule has 3 nitrogen and oxygen atoms in total. The number of aromatic amines is 1. The van der Waals surface area contributed by atoms with Gasteiger partial charge in [0.2, 0.25) is 0 Å². The largest absolute Gasteiger partial charge is 0.310 e. The van der Waals surface area contributed by atoms with E-state index in [1.54, 1.807) is 6.07 Å². The Hall–Kier alpha value is -2.42. The van der Waals surface area contributed by atoms with Crippen LogP contribution in [0.25, 0.3) is 10.9 Å². The number of para-hydroxylation sites is 1. The molecule has 1 aromatic heterocycles. The van der Waals surface area contributed by atoms with Gasteiger partial charge < -0.3 is 4.98 Å². The Morgan fingerprint density at radius 3 is 2.55 bits per heavy atom. The average molecular weight is 264 g/mol. The summed E-state index contributed by atoms with van der Waals surface area (Å²) in [6, 6.07) is 17.7. The normalized spacial score (nSPS) is 12.4. The zero-order valence-electron chi connectivity index (χ0n) is 11.3. The molecule has 0 bridgehead atoms. The van der Waals surface area contributed by atoms with E-state index in [0.29, 0.717) is 5.39 Å². The lowest BCUT2D eigenvalue weighted by Gasteiger charge is -2.11. The molecule has 3 aromatic rings. The van der Waals surface area contributed by atoms with Gasteiger partial charge in [-0.15, -0.1) is 0 Å². The molecular formula is C17H16N2O. The van der Waals surface area contributed by atoms with Crippen LogP contribution in [0.3, 0.4) is 0 Å². The van der Waals surface area contributed by atoms with E-state index < -0.39 is 0 Å². The van der Waals surface area contributed by atoms with Crippen LogP contribution in [-0.2, 0) is 6.42 Å². The van der Waals surface area contributed by atoms with Gasteiger partial charge in [0.05, 0.1) is 10.9 Å². The second-order valence-corrected chi connectivity index (χ2v) is 5.06. The fraction of sp³-hybridized carbons (Fsp3) is 0.176. The summed E-state index contributed by atoms with van der Waals surface area (Å²) in [5.41, 5.74) is 1.94. The Kier molecular flexibility index (Phi) is 3.33. The maximum atomic E-state index is 12.1. The minimum atomic E-state index is -0.0643. The van der Waals surface area contributed by atoms with Crippen LogP contribution in [0.15, 0.2) is 59.4 Å². The molecule has 1 N–H and O–H groups in total. The summed E-state index contributed by atoms with van der Waals surface area (Å²) in [6.07, 6.45) is 0.863. The van der Waals surface area contributed by atoms with Crippen molar-refractivity contribution in [2.75, 3.05) is 0 Å². The summed E-state index contributed by atoms with van der Waals surface area (Å²) < 4.78 is 0. The van der Waals surface area contributed by atoms with Crippen LogP contribution < -0.4 is 5.56 Å². The highest BCUT2D eigenvalue weighted by Gasteiger charge is 2.11. The summed E-state index contributed by atoms with van der Waals surface area (Å²) in [7, 11) is 0. The minimum Gasteiger partial charge on any atom is -0.310 e. The SMILES string of the molecule is CC(Cc1ccccc1)c1nc2ccccc2c(=O)[nH]1. The molecule has 3 rings (SSSR count). The summed E-state index contributed by atoms with van der Waals surface area (Å²) in [5.74, 6) is 0.923. The molecule has 3 heteroatoms. The number of benzene rings is 2. The fourth-order valence-corrected chi connectivity index (χ4v) is 2.40. The van der Waals surface area contributed by atoms with E-state index in [0.717, 1.165) is 17.8 Å². The summed E-state index contributed by atoms with van der Waals surface area (Å²) in [6.45, 7) is 2.08. The van der Waals surface area contributed by atoms with Gasteiger partial charge >= 0.3 is 0 Å². The van der Waals surface area contributed by atoms with E-state index in [4.69, 9.17) is 0 Å². The number of nitrogens with zero attached hydrogens (tertiary/aromatic N) is 1. The van der Waals surface area contributed by atoms with E-state index in [-0.39, 0.29) is 11.5 Å². The predicted molar refractivity (Wildman–Crippen MR) is 80.9 cm³/mol. The van der Waals surface area contributed by atoms with Crippen LogP contribution in [0.5, 0.6) is 0 Å². The number of rotatable bonds is 3. The fourth-order valence-electron chi connectivity index (χ4n) is 2.40. The smallest absolute Gasteiger partial charge is 0.258 e. The van der Waals surface area contributed by atoms with Crippen molar-refractivity contribution in [3.05, 3.63) is 76.3 Å². The highest BCUT2D eigenvalue weighted by Crippen LogP contribution is 2.17. The van der Waals surface area contributed by atoms with Crippen molar-refractivity contribution >= 4 is 10.9 Å². The van der Waals surface area contributed by atoms with Gasteiger partial charge in [-0.1, -0.05) is 49.4 Å². The highest BCUT2D eigenvalue weighted by atomic mass is 16.1. The highest BCUT2D eigenvalue weighted by molar-refractivity contribution is 5.77. The monoisotopic (exact) mass is 264 g/mol. The molecular weight excluding hydrogens is 248 g/mol. The Bertz CT molecular complexity index is 778. The molecule has 0 spiro atoms. The van der Waals surface area contributed by atoms with Crippen LogP contribution in [0.1, 0.15) is 24.2 Å². The van der Waals surface area contributed by atoms with Gasteiger partial charge in [0.15, 0.2) is 0 Å². The van der Waals surface area contributed by atoms with E-state index in [9.17, 15) is 4.79 Å². The van der Waals surface area contributed by atoms with E-state index in [1.807, 2.05) is 36.4 Å². The lowest BCUT2D eigenvalue weighted by Crippen LogP contribution is -2.14. The summed E-state index contributed by atoms with van der Waals surface area (Å²) in [4.78, 5) is 19.5. The van der Waals surface area contributed by atoms with Crippen LogP contribution in [0, 0.1) is 0 Å². The summed E-state index contributed by atoms with van der Waals surface area (Å²) in [5, 5.41) is 0.642. The molecule has 0 saturated carbocycles. The second-order valence-electron chi connectivity index (χ2n) is 5.06. The molecule has 0 aliphatic rings. The Morgan fingerprint density at radius 1 is 1.05 bits per heavy atom. The third-order valence-electron chi connectivity index (χ3n) is 3.48. The van der Waals surface area contributed by atoms with E-state index in [2.05, 4.69) is 29.0 Å². The maximum Gasteiger partial charge on any atom is 0.258 e. The Balaban J connectivity index is 1.96. The number of H-pyrrole nitrogens is 1. The molecule has 1 unspecified atom stereocenters. The second kappa shape index (κ2) is 5.29. The molecule has 2 aromatic carbocycles. The van der Waals surface area contributed by atoms with Gasteiger partial charge in [0, 0.05) is 5.92 Å². The van der Waals surface area contributed by atoms with Gasteiger partial charge in [-0.3, -0.25) is 4.79 Å². The van der Waals surface area contributed by atoms with Crippen molar-refractivity contribution in [3.8, 4) is 0 Å². The number of hydrogen-bond donors (Lipinski definition) is 1. The van der Waals surface area contributed by atoms with Gasteiger partial charge in [-0.2, -0.15) is 0 Å². The molecule has 1 heterocycles. The zero-order chi connectivity index (χ0) is 13.9. The number of nitrogens with one attached hydrogen (secondary N) is 1. The summed E-state index contributed by atoms with van der Waals surface area (Å²) >= 11 is 0. The maximum absolute atomic E-state index is 12.1. The minimum absolute atomic E-state index is 0.0643. The van der Waals surface area contributed by atoms with Crippen LogP contribution in [0.2, 0.25) is 0 Å². The average Bonchev–Trinajstić information content (AvgIpc) is 2.48. The zero-order valence-corrected chi connectivity index (χ0v) is 11.3. The lowest BCUT2D eigenvalue weighted by atomic mass is 10.0. The third-order valence-corrected chi connectivity index (χ3v) is 3.48. The first-order valence-corrected chi connectivity index (χ1v) is 6.77.